The molecule has 1 aliphatic rings. The minimum Gasteiger partial charge on any atom is -0.375 e. The fourth-order valence-electron chi connectivity index (χ4n) is 3.90. The molecule has 0 radical (unpaired) electrons. The Kier molecular flexibility index (Phi) is 5.30. The highest BCUT2D eigenvalue weighted by atomic mass is 79.9. The smallest absolute Gasteiger partial charge is 0.245 e. The highest BCUT2D eigenvalue weighted by Crippen LogP contribution is 2.28. The first kappa shape index (κ1) is 20.8. The van der Waals surface area contributed by atoms with E-state index in [1.54, 1.807) is 15.4 Å². The molecule has 0 saturated carbocycles. The Hall–Kier alpha value is -3.05. The third kappa shape index (κ3) is 3.71. The number of nitrogens with one attached hydrogen (secondary N) is 1. The van der Waals surface area contributed by atoms with Crippen molar-refractivity contribution in [1.29, 1.82) is 0 Å². The molecule has 1 amide bonds. The number of nitrogens with zero attached hydrogens (tertiary/aromatic N) is 7. The van der Waals surface area contributed by atoms with Crippen molar-refractivity contribution >= 4 is 44.3 Å². The zero-order valence-electron chi connectivity index (χ0n) is 18.0. The molecule has 4 heterocycles. The molecule has 5 rings (SSSR count). The van der Waals surface area contributed by atoms with Crippen molar-refractivity contribution in [3.05, 3.63) is 35.1 Å². The van der Waals surface area contributed by atoms with Crippen LogP contribution in [0.2, 0.25) is 0 Å². The predicted molar refractivity (Wildman–Crippen MR) is 123 cm³/mol. The van der Waals surface area contributed by atoms with E-state index in [9.17, 15) is 4.79 Å². The number of morpholine rings is 1. The van der Waals surface area contributed by atoms with E-state index in [2.05, 4.69) is 31.4 Å². The Bertz CT molecular complexity index is 1320. The number of fused-ring (bicyclic) bond motifs is 3. The van der Waals surface area contributed by atoms with Gasteiger partial charge in [-0.3, -0.25) is 9.48 Å². The van der Waals surface area contributed by atoms with E-state index < -0.39 is 6.04 Å². The summed E-state index contributed by atoms with van der Waals surface area (Å²) in [4.78, 5) is 24.4. The SMILES string of the molecule is CC(Nc1nc2c(Br)cccc2c2nc(-c3cnn(C)c3)nn12)C(=O)N1CCO[C@@H](C)C1. The van der Waals surface area contributed by atoms with Crippen LogP contribution in [0.4, 0.5) is 5.95 Å². The first-order valence-electron chi connectivity index (χ1n) is 10.4. The first-order chi connectivity index (χ1) is 15.4. The lowest BCUT2D eigenvalue weighted by atomic mass is 10.2. The summed E-state index contributed by atoms with van der Waals surface area (Å²) in [5.41, 5.74) is 2.20. The number of amides is 1. The van der Waals surface area contributed by atoms with Crippen LogP contribution in [0.5, 0.6) is 0 Å². The maximum Gasteiger partial charge on any atom is 0.245 e. The Balaban J connectivity index is 1.57. The number of benzene rings is 1. The third-order valence-electron chi connectivity index (χ3n) is 5.49. The van der Waals surface area contributed by atoms with E-state index in [1.165, 1.54) is 0 Å². The number of carbonyl (C=O) groups excluding carboxylic acids is 1. The predicted octanol–water partition coefficient (Wildman–Crippen LogP) is 2.49. The average Bonchev–Trinajstić information content (AvgIpc) is 3.41. The summed E-state index contributed by atoms with van der Waals surface area (Å²) in [6.07, 6.45) is 3.61. The van der Waals surface area contributed by atoms with Gasteiger partial charge in [-0.05, 0) is 41.9 Å². The fourth-order valence-corrected chi connectivity index (χ4v) is 4.35. The lowest BCUT2D eigenvalue weighted by molar-refractivity contribution is -0.138. The van der Waals surface area contributed by atoms with Gasteiger partial charge in [-0.1, -0.05) is 6.07 Å². The van der Waals surface area contributed by atoms with Crippen molar-refractivity contribution in [2.45, 2.75) is 26.0 Å². The lowest BCUT2D eigenvalue weighted by Gasteiger charge is -2.33. The third-order valence-corrected chi connectivity index (χ3v) is 6.12. The average molecular weight is 499 g/mol. The molecular weight excluding hydrogens is 476 g/mol. The van der Waals surface area contributed by atoms with Gasteiger partial charge in [0.2, 0.25) is 11.9 Å². The van der Waals surface area contributed by atoms with Gasteiger partial charge in [0.25, 0.3) is 0 Å². The van der Waals surface area contributed by atoms with Crippen molar-refractivity contribution in [3.8, 4) is 11.4 Å². The summed E-state index contributed by atoms with van der Waals surface area (Å²) in [6.45, 7) is 5.50. The van der Waals surface area contributed by atoms with Crippen molar-refractivity contribution < 1.29 is 9.53 Å². The van der Waals surface area contributed by atoms with Crippen LogP contribution in [-0.2, 0) is 16.6 Å². The molecule has 1 saturated heterocycles. The molecule has 3 aromatic heterocycles. The van der Waals surface area contributed by atoms with Crippen LogP contribution in [0.15, 0.2) is 35.1 Å². The van der Waals surface area contributed by atoms with Gasteiger partial charge in [-0.15, -0.1) is 5.10 Å². The summed E-state index contributed by atoms with van der Waals surface area (Å²) < 4.78 is 9.76. The number of hydrogen-bond acceptors (Lipinski definition) is 7. The molecule has 10 nitrogen and oxygen atoms in total. The van der Waals surface area contributed by atoms with E-state index in [-0.39, 0.29) is 12.0 Å². The number of ether oxygens (including phenoxy) is 1. The monoisotopic (exact) mass is 498 g/mol. The standard InChI is InChI=1S/C21H23BrN8O2/c1-12-10-29(7-8-32-12)20(31)13(2)24-21-25-17-15(5-4-6-16(17)22)19-26-18(27-30(19)21)14-9-23-28(3)11-14/h4-6,9,11-13H,7-8,10H2,1-3H3,(H,24,25)/t12-,13?/m0/s1. The summed E-state index contributed by atoms with van der Waals surface area (Å²) in [5.74, 6) is 0.982. The molecular formula is C21H23BrN8O2. The Labute approximate surface area is 192 Å². The van der Waals surface area contributed by atoms with Crippen LogP contribution in [0.25, 0.3) is 27.9 Å². The minimum absolute atomic E-state index is 0.00470. The van der Waals surface area contributed by atoms with Gasteiger partial charge in [0, 0.05) is 36.2 Å². The van der Waals surface area contributed by atoms with E-state index in [4.69, 9.17) is 14.7 Å². The van der Waals surface area contributed by atoms with Gasteiger partial charge in [0.15, 0.2) is 11.5 Å². The molecule has 1 N–H and O–H groups in total. The van der Waals surface area contributed by atoms with Crippen molar-refractivity contribution in [1.82, 2.24) is 34.3 Å². The van der Waals surface area contributed by atoms with Gasteiger partial charge >= 0.3 is 0 Å². The van der Waals surface area contributed by atoms with E-state index in [1.807, 2.05) is 50.2 Å². The fraction of sp³-hybridized carbons (Fsp3) is 0.381. The quantitative estimate of drug-likeness (QED) is 0.460. The van der Waals surface area contributed by atoms with E-state index in [0.29, 0.717) is 37.1 Å². The zero-order chi connectivity index (χ0) is 22.4. The maximum absolute atomic E-state index is 13.1. The number of rotatable bonds is 4. The van der Waals surface area contributed by atoms with Gasteiger partial charge in [-0.25, -0.2) is 9.97 Å². The summed E-state index contributed by atoms with van der Waals surface area (Å²) in [7, 11) is 1.85. The number of anilines is 1. The van der Waals surface area contributed by atoms with Gasteiger partial charge in [0.05, 0.1) is 30.0 Å². The molecule has 11 heteroatoms. The second-order valence-corrected chi connectivity index (χ2v) is 8.83. The highest BCUT2D eigenvalue weighted by Gasteiger charge is 2.27. The number of hydrogen-bond donors (Lipinski definition) is 1. The number of halogens is 1. The summed E-state index contributed by atoms with van der Waals surface area (Å²) in [6, 6.07) is 5.32. The van der Waals surface area contributed by atoms with Crippen molar-refractivity contribution in [2.24, 2.45) is 7.05 Å². The Morgan fingerprint density at radius 1 is 1.34 bits per heavy atom. The molecule has 4 aromatic rings. The molecule has 1 unspecified atom stereocenters. The van der Waals surface area contributed by atoms with Gasteiger partial charge < -0.3 is 15.0 Å². The van der Waals surface area contributed by atoms with Crippen LogP contribution >= 0.6 is 15.9 Å². The highest BCUT2D eigenvalue weighted by molar-refractivity contribution is 9.10. The summed E-state index contributed by atoms with van der Waals surface area (Å²) >= 11 is 3.59. The number of aryl methyl sites for hydroxylation is 1. The van der Waals surface area contributed by atoms with Gasteiger partial charge in [0.1, 0.15) is 6.04 Å². The number of para-hydroxylation sites is 1. The maximum atomic E-state index is 13.1. The van der Waals surface area contributed by atoms with Crippen LogP contribution in [0.1, 0.15) is 13.8 Å². The second kappa shape index (κ2) is 8.14. The zero-order valence-corrected chi connectivity index (χ0v) is 19.6. The van der Waals surface area contributed by atoms with Crippen molar-refractivity contribution in [3.63, 3.8) is 0 Å². The van der Waals surface area contributed by atoms with E-state index in [0.717, 1.165) is 20.9 Å². The number of carbonyl (C=O) groups is 1. The molecule has 2 atom stereocenters. The minimum atomic E-state index is -0.498. The Morgan fingerprint density at radius 2 is 2.19 bits per heavy atom. The number of aromatic nitrogens is 6. The van der Waals surface area contributed by atoms with Crippen LogP contribution < -0.4 is 5.32 Å². The second-order valence-electron chi connectivity index (χ2n) is 7.98. The van der Waals surface area contributed by atoms with Crippen LogP contribution in [0, 0.1) is 0 Å². The normalized spacial score (nSPS) is 17.8. The molecule has 1 fully saturated rings. The van der Waals surface area contributed by atoms with Crippen molar-refractivity contribution in [2.75, 3.05) is 25.0 Å². The van der Waals surface area contributed by atoms with Crippen LogP contribution in [-0.4, -0.2) is 72.0 Å². The van der Waals surface area contributed by atoms with Crippen LogP contribution in [0.3, 0.4) is 0 Å². The van der Waals surface area contributed by atoms with Gasteiger partial charge in [-0.2, -0.15) is 9.61 Å². The topological polar surface area (TPSA) is 102 Å². The summed E-state index contributed by atoms with van der Waals surface area (Å²) in [5, 5.41) is 13.0. The molecule has 0 aliphatic carbocycles. The van der Waals surface area contributed by atoms with E-state index >= 15 is 0 Å². The largest absolute Gasteiger partial charge is 0.375 e. The molecule has 32 heavy (non-hydrogen) atoms. The molecule has 1 aromatic carbocycles. The molecule has 1 aliphatic heterocycles. The molecule has 0 spiro atoms. The first-order valence-corrected chi connectivity index (χ1v) is 11.2. The molecule has 0 bridgehead atoms. The molecule has 166 valence electrons. The Morgan fingerprint density at radius 3 is 2.94 bits per heavy atom. The lowest BCUT2D eigenvalue weighted by Crippen LogP contribution is -2.49.